The van der Waals surface area contributed by atoms with E-state index >= 15 is 0 Å². The summed E-state index contributed by atoms with van der Waals surface area (Å²) in [7, 11) is 1.49. The van der Waals surface area contributed by atoms with Gasteiger partial charge in [0, 0.05) is 18.3 Å². The minimum atomic E-state index is 0.158. The molecular formula is C12H18N4O. The Morgan fingerprint density at radius 3 is 2.76 bits per heavy atom. The zero-order valence-electron chi connectivity index (χ0n) is 10.1. The van der Waals surface area contributed by atoms with E-state index in [9.17, 15) is 0 Å². The highest BCUT2D eigenvalue weighted by Crippen LogP contribution is 2.24. The van der Waals surface area contributed by atoms with Crippen LogP contribution in [0.4, 0.5) is 0 Å². The van der Waals surface area contributed by atoms with Crippen molar-refractivity contribution in [2.24, 2.45) is 5.92 Å². The van der Waals surface area contributed by atoms with Gasteiger partial charge in [0.2, 0.25) is 0 Å². The van der Waals surface area contributed by atoms with Crippen molar-refractivity contribution in [1.82, 2.24) is 9.55 Å². The molecule has 0 amide bonds. The smallest absolute Gasteiger partial charge is 0.257 e. The normalized spacial score (nSPS) is 16.8. The van der Waals surface area contributed by atoms with Gasteiger partial charge in [0.05, 0.1) is 7.11 Å². The zero-order valence-corrected chi connectivity index (χ0v) is 10.1. The lowest BCUT2D eigenvalue weighted by Crippen LogP contribution is -2.33. The number of ether oxygens (including phenoxy) is 1. The second-order valence-corrected chi connectivity index (χ2v) is 4.38. The van der Waals surface area contributed by atoms with Gasteiger partial charge in [0.1, 0.15) is 5.84 Å². The lowest BCUT2D eigenvalue weighted by molar-refractivity contribution is 0.383. The van der Waals surface area contributed by atoms with Gasteiger partial charge in [-0.15, -0.1) is 0 Å². The van der Waals surface area contributed by atoms with Crippen LogP contribution in [-0.4, -0.2) is 22.5 Å². The Bertz CT molecular complexity index is 460. The van der Waals surface area contributed by atoms with E-state index in [1.54, 1.807) is 17.0 Å². The fourth-order valence-corrected chi connectivity index (χ4v) is 2.33. The van der Waals surface area contributed by atoms with Crippen molar-refractivity contribution in [3.8, 4) is 5.88 Å². The molecule has 1 heterocycles. The summed E-state index contributed by atoms with van der Waals surface area (Å²) in [5, 5.41) is 16.1. The van der Waals surface area contributed by atoms with E-state index in [1.165, 1.54) is 26.4 Å². The van der Waals surface area contributed by atoms with Crippen molar-refractivity contribution in [2.75, 3.05) is 7.11 Å². The van der Waals surface area contributed by atoms with Crippen LogP contribution in [0.2, 0.25) is 0 Å². The van der Waals surface area contributed by atoms with Gasteiger partial charge in [-0.1, -0.05) is 19.3 Å². The predicted octanol–water partition coefficient (Wildman–Crippen LogP) is 1.78. The van der Waals surface area contributed by atoms with Crippen molar-refractivity contribution >= 4 is 5.84 Å². The number of nitrogens with zero attached hydrogens (tertiary/aromatic N) is 2. The molecule has 0 atom stereocenters. The minimum Gasteiger partial charge on any atom is -0.478 e. The van der Waals surface area contributed by atoms with Gasteiger partial charge in [0.25, 0.3) is 5.88 Å². The molecule has 0 aliphatic heterocycles. The van der Waals surface area contributed by atoms with Crippen molar-refractivity contribution in [3.63, 3.8) is 0 Å². The SMILES string of the molecule is COc1nccn(C(=N)C2CCCCC2)c1=N. The molecular weight excluding hydrogens is 216 g/mol. The molecule has 5 nitrogen and oxygen atoms in total. The number of hydrogen-bond donors (Lipinski definition) is 2. The molecule has 2 rings (SSSR count). The Hall–Kier alpha value is -1.65. The summed E-state index contributed by atoms with van der Waals surface area (Å²) >= 11 is 0. The molecule has 2 N–H and O–H groups in total. The van der Waals surface area contributed by atoms with E-state index in [0.29, 0.717) is 5.84 Å². The van der Waals surface area contributed by atoms with Crippen LogP contribution in [0.15, 0.2) is 12.4 Å². The molecule has 0 spiro atoms. The largest absolute Gasteiger partial charge is 0.478 e. The summed E-state index contributed by atoms with van der Waals surface area (Å²) in [6.45, 7) is 0. The molecule has 0 saturated heterocycles. The molecule has 1 fully saturated rings. The minimum absolute atomic E-state index is 0.158. The Kier molecular flexibility index (Phi) is 3.56. The standard InChI is InChI=1S/C12H18N4O/c1-17-12-11(14)16(8-7-15-12)10(13)9-5-3-2-4-6-9/h7-9,13-14H,2-6H2,1H3. The summed E-state index contributed by atoms with van der Waals surface area (Å²) in [6.07, 6.45) is 8.98. The van der Waals surface area contributed by atoms with E-state index in [1.807, 2.05) is 0 Å². The van der Waals surface area contributed by atoms with Crippen molar-refractivity contribution < 1.29 is 4.74 Å². The summed E-state index contributed by atoms with van der Waals surface area (Å²) in [4.78, 5) is 3.96. The zero-order chi connectivity index (χ0) is 12.3. The topological polar surface area (TPSA) is 74.8 Å². The van der Waals surface area contributed by atoms with Gasteiger partial charge >= 0.3 is 0 Å². The van der Waals surface area contributed by atoms with Gasteiger partial charge in [-0.3, -0.25) is 15.4 Å². The highest BCUT2D eigenvalue weighted by atomic mass is 16.5. The van der Waals surface area contributed by atoms with Crippen LogP contribution >= 0.6 is 0 Å². The highest BCUT2D eigenvalue weighted by molar-refractivity contribution is 5.83. The fraction of sp³-hybridized carbons (Fsp3) is 0.583. The fourth-order valence-electron chi connectivity index (χ4n) is 2.33. The average molecular weight is 234 g/mol. The Morgan fingerprint density at radius 2 is 2.12 bits per heavy atom. The number of aromatic nitrogens is 2. The first-order chi connectivity index (χ1) is 8.24. The second kappa shape index (κ2) is 5.12. The van der Waals surface area contributed by atoms with Crippen LogP contribution in [0, 0.1) is 16.7 Å². The molecule has 0 radical (unpaired) electrons. The maximum atomic E-state index is 8.20. The van der Waals surface area contributed by atoms with Crippen LogP contribution < -0.4 is 10.2 Å². The Balaban J connectivity index is 2.27. The van der Waals surface area contributed by atoms with Gasteiger partial charge in [-0.2, -0.15) is 0 Å². The summed E-state index contributed by atoms with van der Waals surface area (Å²) in [5.41, 5.74) is 0.158. The number of methoxy groups -OCH3 is 1. The molecule has 1 aliphatic carbocycles. The molecule has 5 heteroatoms. The number of nitrogens with one attached hydrogen (secondary N) is 2. The maximum Gasteiger partial charge on any atom is 0.257 e. The summed E-state index contributed by atoms with van der Waals surface area (Å²) in [6, 6.07) is 0. The van der Waals surface area contributed by atoms with Crippen LogP contribution in [0.25, 0.3) is 0 Å². The van der Waals surface area contributed by atoms with Gasteiger partial charge in [-0.05, 0) is 12.8 Å². The lowest BCUT2D eigenvalue weighted by atomic mass is 9.88. The first-order valence-corrected chi connectivity index (χ1v) is 5.99. The molecule has 0 unspecified atom stereocenters. The van der Waals surface area contributed by atoms with Crippen LogP contribution in [-0.2, 0) is 0 Å². The monoisotopic (exact) mass is 234 g/mol. The second-order valence-electron chi connectivity index (χ2n) is 4.38. The summed E-state index contributed by atoms with van der Waals surface area (Å²) in [5.74, 6) is 1.04. The van der Waals surface area contributed by atoms with E-state index in [4.69, 9.17) is 15.6 Å². The quantitative estimate of drug-likeness (QED) is 0.604. The number of rotatable bonds is 2. The first kappa shape index (κ1) is 11.8. The van der Waals surface area contributed by atoms with Gasteiger partial charge < -0.3 is 4.74 Å². The average Bonchev–Trinajstić information content (AvgIpc) is 2.39. The molecule has 1 aliphatic rings. The molecule has 0 bridgehead atoms. The van der Waals surface area contributed by atoms with Crippen molar-refractivity contribution in [2.45, 2.75) is 32.1 Å². The summed E-state index contributed by atoms with van der Waals surface area (Å²) < 4.78 is 6.58. The first-order valence-electron chi connectivity index (χ1n) is 5.99. The predicted molar refractivity (Wildman–Crippen MR) is 64.3 cm³/mol. The van der Waals surface area contributed by atoms with Crippen LogP contribution in [0.3, 0.4) is 0 Å². The Morgan fingerprint density at radius 1 is 1.41 bits per heavy atom. The molecule has 17 heavy (non-hydrogen) atoms. The molecule has 1 saturated carbocycles. The third kappa shape index (κ3) is 2.38. The van der Waals surface area contributed by atoms with E-state index in [0.717, 1.165) is 12.8 Å². The molecule has 1 aromatic rings. The van der Waals surface area contributed by atoms with Crippen molar-refractivity contribution in [1.29, 1.82) is 10.8 Å². The van der Waals surface area contributed by atoms with E-state index in [-0.39, 0.29) is 17.3 Å². The molecule has 92 valence electrons. The highest BCUT2D eigenvalue weighted by Gasteiger charge is 2.20. The van der Waals surface area contributed by atoms with Crippen molar-refractivity contribution in [3.05, 3.63) is 17.9 Å². The van der Waals surface area contributed by atoms with E-state index < -0.39 is 0 Å². The van der Waals surface area contributed by atoms with E-state index in [2.05, 4.69) is 4.98 Å². The Labute approximate surface area is 100 Å². The third-order valence-corrected chi connectivity index (χ3v) is 3.30. The number of hydrogen-bond acceptors (Lipinski definition) is 4. The van der Waals surface area contributed by atoms with Crippen LogP contribution in [0.1, 0.15) is 32.1 Å². The molecule has 0 aromatic carbocycles. The van der Waals surface area contributed by atoms with Gasteiger partial charge in [0.15, 0.2) is 5.49 Å². The third-order valence-electron chi connectivity index (χ3n) is 3.30. The lowest BCUT2D eigenvalue weighted by Gasteiger charge is -2.23. The maximum absolute atomic E-state index is 8.20. The van der Waals surface area contributed by atoms with Gasteiger partial charge in [-0.25, -0.2) is 4.98 Å². The molecule has 1 aromatic heterocycles. The van der Waals surface area contributed by atoms with Crippen LogP contribution in [0.5, 0.6) is 5.88 Å².